The first kappa shape index (κ1) is 15.0. The standard InChI is InChI=1S/C15H23NO4/c1-5-18-15(17)13-12(6-9(2)3)16-14(20-13)11-7-10(4)19-8-11/h9-11H,5-8H2,1-4H3. The monoisotopic (exact) mass is 281 g/mol. The second-order valence-corrected chi connectivity index (χ2v) is 5.72. The predicted octanol–water partition coefficient (Wildman–Crippen LogP) is 2.94. The van der Waals surface area contributed by atoms with Crippen LogP contribution < -0.4 is 0 Å². The van der Waals surface area contributed by atoms with E-state index in [4.69, 9.17) is 13.9 Å². The second-order valence-electron chi connectivity index (χ2n) is 5.72. The number of hydrogen-bond donors (Lipinski definition) is 0. The van der Waals surface area contributed by atoms with E-state index in [9.17, 15) is 4.79 Å². The van der Waals surface area contributed by atoms with Crippen LogP contribution in [0.25, 0.3) is 0 Å². The fraction of sp³-hybridized carbons (Fsp3) is 0.733. The normalized spacial score (nSPS) is 22.4. The molecule has 0 N–H and O–H groups in total. The molecule has 2 atom stereocenters. The van der Waals surface area contributed by atoms with Gasteiger partial charge in [-0.3, -0.25) is 0 Å². The van der Waals surface area contributed by atoms with E-state index in [1.54, 1.807) is 6.92 Å². The number of esters is 1. The molecule has 112 valence electrons. The molecule has 5 nitrogen and oxygen atoms in total. The van der Waals surface area contributed by atoms with E-state index in [2.05, 4.69) is 18.8 Å². The van der Waals surface area contributed by atoms with Crippen LogP contribution in [0.2, 0.25) is 0 Å². The fourth-order valence-electron chi connectivity index (χ4n) is 2.42. The Morgan fingerprint density at radius 1 is 1.50 bits per heavy atom. The molecule has 0 amide bonds. The van der Waals surface area contributed by atoms with E-state index in [0.717, 1.165) is 6.42 Å². The van der Waals surface area contributed by atoms with Crippen molar-refractivity contribution in [3.8, 4) is 0 Å². The van der Waals surface area contributed by atoms with Gasteiger partial charge in [0.25, 0.3) is 0 Å². The number of hydrogen-bond acceptors (Lipinski definition) is 5. The van der Waals surface area contributed by atoms with Gasteiger partial charge in [-0.2, -0.15) is 0 Å². The third-order valence-electron chi connectivity index (χ3n) is 3.32. The lowest BCUT2D eigenvalue weighted by Gasteiger charge is -2.02. The highest BCUT2D eigenvalue weighted by Gasteiger charge is 2.31. The summed E-state index contributed by atoms with van der Waals surface area (Å²) < 4.78 is 16.3. The van der Waals surface area contributed by atoms with Crippen molar-refractivity contribution in [3.05, 3.63) is 17.3 Å². The molecule has 1 saturated heterocycles. The SMILES string of the molecule is CCOC(=O)c1oc(C2COC(C)C2)nc1CC(C)C. The number of carbonyl (C=O) groups is 1. The topological polar surface area (TPSA) is 61.6 Å². The van der Waals surface area contributed by atoms with E-state index in [0.29, 0.717) is 37.1 Å². The van der Waals surface area contributed by atoms with Crippen LogP contribution in [0.5, 0.6) is 0 Å². The molecule has 1 fully saturated rings. The summed E-state index contributed by atoms with van der Waals surface area (Å²) in [4.78, 5) is 16.5. The Morgan fingerprint density at radius 2 is 2.25 bits per heavy atom. The van der Waals surface area contributed by atoms with Gasteiger partial charge in [0.1, 0.15) is 0 Å². The molecule has 0 aliphatic carbocycles. The molecular weight excluding hydrogens is 258 g/mol. The molecule has 1 aliphatic heterocycles. The van der Waals surface area contributed by atoms with Crippen molar-refractivity contribution in [2.45, 2.75) is 52.6 Å². The molecule has 0 saturated carbocycles. The van der Waals surface area contributed by atoms with Crippen LogP contribution in [0.3, 0.4) is 0 Å². The van der Waals surface area contributed by atoms with Crippen LogP contribution in [-0.4, -0.2) is 30.3 Å². The molecular formula is C15H23NO4. The number of aromatic nitrogens is 1. The first-order chi connectivity index (χ1) is 9.51. The van der Waals surface area contributed by atoms with Gasteiger partial charge in [-0.25, -0.2) is 9.78 Å². The molecule has 0 aromatic carbocycles. The van der Waals surface area contributed by atoms with Gasteiger partial charge < -0.3 is 13.9 Å². The average molecular weight is 281 g/mol. The molecule has 2 heterocycles. The van der Waals surface area contributed by atoms with Crippen LogP contribution in [-0.2, 0) is 15.9 Å². The Balaban J connectivity index is 2.24. The molecule has 20 heavy (non-hydrogen) atoms. The minimum Gasteiger partial charge on any atom is -0.460 e. The lowest BCUT2D eigenvalue weighted by Crippen LogP contribution is -2.08. The predicted molar refractivity (Wildman–Crippen MR) is 73.8 cm³/mol. The van der Waals surface area contributed by atoms with E-state index in [-0.39, 0.29) is 17.8 Å². The summed E-state index contributed by atoms with van der Waals surface area (Å²) in [6.45, 7) is 8.92. The second kappa shape index (κ2) is 6.39. The van der Waals surface area contributed by atoms with Crippen molar-refractivity contribution < 1.29 is 18.7 Å². The largest absolute Gasteiger partial charge is 0.460 e. The summed E-state index contributed by atoms with van der Waals surface area (Å²) in [5, 5.41) is 0. The summed E-state index contributed by atoms with van der Waals surface area (Å²) in [6.07, 6.45) is 1.80. The maximum absolute atomic E-state index is 12.0. The number of nitrogens with zero attached hydrogens (tertiary/aromatic N) is 1. The number of ether oxygens (including phenoxy) is 2. The number of carbonyl (C=O) groups excluding carboxylic acids is 1. The first-order valence-electron chi connectivity index (χ1n) is 7.29. The summed E-state index contributed by atoms with van der Waals surface area (Å²) in [6, 6.07) is 0. The Hall–Kier alpha value is -1.36. The highest BCUT2D eigenvalue weighted by atomic mass is 16.5. The van der Waals surface area contributed by atoms with E-state index in [1.165, 1.54) is 0 Å². The maximum atomic E-state index is 12.0. The molecule has 1 aromatic rings. The van der Waals surface area contributed by atoms with Crippen LogP contribution in [0.1, 0.15) is 62.2 Å². The van der Waals surface area contributed by atoms with E-state index < -0.39 is 5.97 Å². The van der Waals surface area contributed by atoms with Gasteiger partial charge in [-0.05, 0) is 32.6 Å². The smallest absolute Gasteiger partial charge is 0.376 e. The summed E-state index contributed by atoms with van der Waals surface area (Å²) >= 11 is 0. The first-order valence-corrected chi connectivity index (χ1v) is 7.29. The third kappa shape index (κ3) is 3.39. The van der Waals surface area contributed by atoms with Crippen molar-refractivity contribution in [2.24, 2.45) is 5.92 Å². The fourth-order valence-corrected chi connectivity index (χ4v) is 2.42. The van der Waals surface area contributed by atoms with Gasteiger partial charge in [0.05, 0.1) is 30.9 Å². The van der Waals surface area contributed by atoms with Crippen LogP contribution in [0.4, 0.5) is 0 Å². The van der Waals surface area contributed by atoms with Gasteiger partial charge in [0, 0.05) is 0 Å². The van der Waals surface area contributed by atoms with Crippen molar-refractivity contribution in [1.82, 2.24) is 4.98 Å². The molecule has 1 aliphatic rings. The van der Waals surface area contributed by atoms with Gasteiger partial charge >= 0.3 is 5.97 Å². The van der Waals surface area contributed by atoms with Gasteiger partial charge in [0.2, 0.25) is 11.7 Å². The number of oxazole rings is 1. The average Bonchev–Trinajstić information content (AvgIpc) is 2.95. The lowest BCUT2D eigenvalue weighted by molar-refractivity contribution is 0.0485. The van der Waals surface area contributed by atoms with Gasteiger partial charge in [-0.15, -0.1) is 0 Å². The van der Waals surface area contributed by atoms with Crippen molar-refractivity contribution in [1.29, 1.82) is 0 Å². The molecule has 2 unspecified atom stereocenters. The highest BCUT2D eigenvalue weighted by molar-refractivity contribution is 5.87. The molecule has 5 heteroatoms. The van der Waals surface area contributed by atoms with Crippen LogP contribution in [0.15, 0.2) is 4.42 Å². The van der Waals surface area contributed by atoms with Crippen molar-refractivity contribution in [2.75, 3.05) is 13.2 Å². The third-order valence-corrected chi connectivity index (χ3v) is 3.32. The maximum Gasteiger partial charge on any atom is 0.376 e. The Morgan fingerprint density at radius 3 is 2.80 bits per heavy atom. The van der Waals surface area contributed by atoms with Crippen molar-refractivity contribution >= 4 is 5.97 Å². The molecule has 0 radical (unpaired) electrons. The molecule has 0 bridgehead atoms. The summed E-state index contributed by atoms with van der Waals surface area (Å²) in [5.74, 6) is 0.982. The zero-order chi connectivity index (χ0) is 14.7. The van der Waals surface area contributed by atoms with Crippen molar-refractivity contribution in [3.63, 3.8) is 0 Å². The molecule has 2 rings (SSSR count). The minimum atomic E-state index is -0.422. The minimum absolute atomic E-state index is 0.138. The highest BCUT2D eigenvalue weighted by Crippen LogP contribution is 2.30. The Kier molecular flexibility index (Phi) is 4.81. The van der Waals surface area contributed by atoms with Gasteiger partial charge in [-0.1, -0.05) is 13.8 Å². The van der Waals surface area contributed by atoms with Crippen LogP contribution in [0, 0.1) is 5.92 Å². The summed E-state index contributed by atoms with van der Waals surface area (Å²) in [7, 11) is 0. The lowest BCUT2D eigenvalue weighted by atomic mass is 10.1. The zero-order valence-electron chi connectivity index (χ0n) is 12.6. The summed E-state index contributed by atoms with van der Waals surface area (Å²) in [5.41, 5.74) is 0.702. The van der Waals surface area contributed by atoms with Crippen LogP contribution >= 0.6 is 0 Å². The van der Waals surface area contributed by atoms with Gasteiger partial charge in [0.15, 0.2) is 0 Å². The van der Waals surface area contributed by atoms with E-state index >= 15 is 0 Å². The quantitative estimate of drug-likeness (QED) is 0.776. The molecule has 0 spiro atoms. The Labute approximate surface area is 119 Å². The van der Waals surface area contributed by atoms with E-state index in [1.807, 2.05) is 6.92 Å². The number of rotatable bonds is 5. The Bertz CT molecular complexity index is 466. The molecule has 1 aromatic heterocycles. The zero-order valence-corrected chi connectivity index (χ0v) is 12.6.